The Labute approximate surface area is 117 Å². The van der Waals surface area contributed by atoms with E-state index in [0.717, 1.165) is 0 Å². The molecule has 5 nitrogen and oxygen atoms in total. The Morgan fingerprint density at radius 3 is 2.25 bits per heavy atom. The van der Waals surface area contributed by atoms with E-state index in [9.17, 15) is 9.59 Å². The minimum Gasteiger partial charge on any atom is -0.465 e. The molecular formula is C15H16N2O3. The standard InChI is InChI=1S/C15H16N2O3/c1-9-12(13(10(2)16-9)15(19)20-3)14(18)17-11-7-5-4-6-8-11/h4-8,16H,1-3H3,(H,17,18). The number of aryl methyl sites for hydroxylation is 2. The number of para-hydroxylation sites is 1. The van der Waals surface area contributed by atoms with Crippen molar-refractivity contribution in [2.24, 2.45) is 0 Å². The molecule has 0 fully saturated rings. The molecule has 1 heterocycles. The third-order valence-corrected chi connectivity index (χ3v) is 3.02. The van der Waals surface area contributed by atoms with Crippen LogP contribution in [0.1, 0.15) is 32.1 Å². The molecule has 0 aliphatic heterocycles. The van der Waals surface area contributed by atoms with Gasteiger partial charge in [-0.2, -0.15) is 0 Å². The summed E-state index contributed by atoms with van der Waals surface area (Å²) in [6, 6.07) is 9.08. The van der Waals surface area contributed by atoms with Crippen LogP contribution in [0.3, 0.4) is 0 Å². The number of ether oxygens (including phenoxy) is 1. The van der Waals surface area contributed by atoms with E-state index in [2.05, 4.69) is 10.3 Å². The molecule has 2 N–H and O–H groups in total. The number of methoxy groups -OCH3 is 1. The van der Waals surface area contributed by atoms with Crippen molar-refractivity contribution in [2.75, 3.05) is 12.4 Å². The fourth-order valence-electron chi connectivity index (χ4n) is 2.14. The second-order valence-corrected chi connectivity index (χ2v) is 4.44. The zero-order valence-corrected chi connectivity index (χ0v) is 11.6. The summed E-state index contributed by atoms with van der Waals surface area (Å²) < 4.78 is 4.73. The predicted molar refractivity (Wildman–Crippen MR) is 76.0 cm³/mol. The van der Waals surface area contributed by atoms with Crippen LogP contribution in [0.15, 0.2) is 30.3 Å². The van der Waals surface area contributed by atoms with Gasteiger partial charge in [0.2, 0.25) is 0 Å². The highest BCUT2D eigenvalue weighted by molar-refractivity contribution is 6.12. The van der Waals surface area contributed by atoms with Crippen LogP contribution in [-0.4, -0.2) is 24.0 Å². The lowest BCUT2D eigenvalue weighted by atomic mass is 10.1. The van der Waals surface area contributed by atoms with E-state index in [-0.39, 0.29) is 11.5 Å². The summed E-state index contributed by atoms with van der Waals surface area (Å²) in [5.41, 5.74) is 2.52. The minimum absolute atomic E-state index is 0.276. The maximum Gasteiger partial charge on any atom is 0.340 e. The van der Waals surface area contributed by atoms with Gasteiger partial charge in [0.25, 0.3) is 5.91 Å². The second kappa shape index (κ2) is 5.61. The predicted octanol–water partition coefficient (Wildman–Crippen LogP) is 2.67. The number of benzene rings is 1. The first-order valence-electron chi connectivity index (χ1n) is 6.18. The molecule has 0 spiro atoms. The van der Waals surface area contributed by atoms with Gasteiger partial charge in [0.05, 0.1) is 18.2 Å². The third kappa shape index (κ3) is 2.56. The topological polar surface area (TPSA) is 71.2 Å². The number of H-pyrrole nitrogens is 1. The quantitative estimate of drug-likeness (QED) is 0.844. The van der Waals surface area contributed by atoms with Gasteiger partial charge in [-0.3, -0.25) is 4.79 Å². The van der Waals surface area contributed by atoms with Gasteiger partial charge in [-0.05, 0) is 26.0 Å². The molecule has 0 bridgehead atoms. The van der Waals surface area contributed by atoms with Crippen LogP contribution in [-0.2, 0) is 4.74 Å². The summed E-state index contributed by atoms with van der Waals surface area (Å²) in [7, 11) is 1.29. The highest BCUT2D eigenvalue weighted by Gasteiger charge is 2.24. The van der Waals surface area contributed by atoms with Crippen LogP contribution in [0, 0.1) is 13.8 Å². The van der Waals surface area contributed by atoms with E-state index in [1.165, 1.54) is 7.11 Å². The molecular weight excluding hydrogens is 256 g/mol. The van der Waals surface area contributed by atoms with E-state index in [1.807, 2.05) is 18.2 Å². The van der Waals surface area contributed by atoms with E-state index in [0.29, 0.717) is 22.6 Å². The summed E-state index contributed by atoms with van der Waals surface area (Å²) in [4.78, 5) is 27.2. The molecule has 104 valence electrons. The summed E-state index contributed by atoms with van der Waals surface area (Å²) in [6.07, 6.45) is 0. The van der Waals surface area contributed by atoms with Gasteiger partial charge in [0, 0.05) is 17.1 Å². The van der Waals surface area contributed by atoms with E-state index in [4.69, 9.17) is 4.74 Å². The first kappa shape index (κ1) is 13.9. The van der Waals surface area contributed by atoms with Gasteiger partial charge in [-0.1, -0.05) is 18.2 Å². The molecule has 20 heavy (non-hydrogen) atoms. The zero-order valence-electron chi connectivity index (χ0n) is 11.6. The minimum atomic E-state index is -0.523. The third-order valence-electron chi connectivity index (χ3n) is 3.02. The molecule has 2 aromatic rings. The number of esters is 1. The SMILES string of the molecule is COC(=O)c1c(C)[nH]c(C)c1C(=O)Nc1ccccc1. The largest absolute Gasteiger partial charge is 0.465 e. The molecule has 0 radical (unpaired) electrons. The van der Waals surface area contributed by atoms with Crippen molar-refractivity contribution in [3.63, 3.8) is 0 Å². The van der Waals surface area contributed by atoms with Gasteiger partial charge in [-0.25, -0.2) is 4.79 Å². The number of rotatable bonds is 3. The monoisotopic (exact) mass is 272 g/mol. The number of amides is 1. The lowest BCUT2D eigenvalue weighted by Gasteiger charge is -2.07. The van der Waals surface area contributed by atoms with Crippen molar-refractivity contribution in [1.29, 1.82) is 0 Å². The number of carbonyl (C=O) groups excluding carboxylic acids is 2. The molecule has 1 aromatic carbocycles. The van der Waals surface area contributed by atoms with Crippen molar-refractivity contribution in [3.05, 3.63) is 52.8 Å². The van der Waals surface area contributed by atoms with Gasteiger partial charge < -0.3 is 15.0 Å². The molecule has 5 heteroatoms. The normalized spacial score (nSPS) is 10.2. The Bertz CT molecular complexity index is 645. The van der Waals surface area contributed by atoms with Crippen LogP contribution in [0.4, 0.5) is 5.69 Å². The van der Waals surface area contributed by atoms with Crippen molar-refractivity contribution in [1.82, 2.24) is 4.98 Å². The van der Waals surface area contributed by atoms with Crippen molar-refractivity contribution in [3.8, 4) is 0 Å². The fourth-order valence-corrected chi connectivity index (χ4v) is 2.14. The molecule has 2 rings (SSSR count). The van der Waals surface area contributed by atoms with Crippen LogP contribution in [0.5, 0.6) is 0 Å². The number of anilines is 1. The average molecular weight is 272 g/mol. The smallest absolute Gasteiger partial charge is 0.340 e. The van der Waals surface area contributed by atoms with Gasteiger partial charge >= 0.3 is 5.97 Å². The summed E-state index contributed by atoms with van der Waals surface area (Å²) in [6.45, 7) is 3.48. The average Bonchev–Trinajstić information content (AvgIpc) is 2.73. The lowest BCUT2D eigenvalue weighted by molar-refractivity contribution is 0.0597. The second-order valence-electron chi connectivity index (χ2n) is 4.44. The Morgan fingerprint density at radius 1 is 1.05 bits per heavy atom. The van der Waals surface area contributed by atoms with E-state index >= 15 is 0 Å². The van der Waals surface area contributed by atoms with Gasteiger partial charge in [-0.15, -0.1) is 0 Å². The molecule has 0 aliphatic rings. The molecule has 0 atom stereocenters. The molecule has 0 saturated carbocycles. The first-order valence-corrected chi connectivity index (χ1v) is 6.18. The molecule has 0 aliphatic carbocycles. The van der Waals surface area contributed by atoms with E-state index in [1.54, 1.807) is 26.0 Å². The summed E-state index contributed by atoms with van der Waals surface area (Å²) in [5, 5.41) is 2.77. The van der Waals surface area contributed by atoms with Crippen LogP contribution < -0.4 is 5.32 Å². The highest BCUT2D eigenvalue weighted by Crippen LogP contribution is 2.21. The number of hydrogen-bond acceptors (Lipinski definition) is 3. The van der Waals surface area contributed by atoms with Crippen LogP contribution in [0.2, 0.25) is 0 Å². The number of hydrogen-bond donors (Lipinski definition) is 2. The Balaban J connectivity index is 2.37. The number of aromatic amines is 1. The van der Waals surface area contributed by atoms with Crippen LogP contribution >= 0.6 is 0 Å². The van der Waals surface area contributed by atoms with Crippen LogP contribution in [0.25, 0.3) is 0 Å². The Kier molecular flexibility index (Phi) is 3.89. The number of nitrogens with one attached hydrogen (secondary N) is 2. The molecule has 1 amide bonds. The Hall–Kier alpha value is -2.56. The summed E-state index contributed by atoms with van der Waals surface area (Å²) in [5.74, 6) is -0.858. The number of carbonyl (C=O) groups is 2. The van der Waals surface area contributed by atoms with Gasteiger partial charge in [0.15, 0.2) is 0 Å². The first-order chi connectivity index (χ1) is 9.54. The maximum atomic E-state index is 12.4. The summed E-state index contributed by atoms with van der Waals surface area (Å²) >= 11 is 0. The van der Waals surface area contributed by atoms with E-state index < -0.39 is 5.97 Å². The van der Waals surface area contributed by atoms with Gasteiger partial charge in [0.1, 0.15) is 0 Å². The maximum absolute atomic E-state index is 12.4. The fraction of sp³-hybridized carbons (Fsp3) is 0.200. The zero-order chi connectivity index (χ0) is 14.7. The lowest BCUT2D eigenvalue weighted by Crippen LogP contribution is -2.17. The van der Waals surface area contributed by atoms with Crippen molar-refractivity contribution >= 4 is 17.6 Å². The molecule has 1 aromatic heterocycles. The highest BCUT2D eigenvalue weighted by atomic mass is 16.5. The van der Waals surface area contributed by atoms with Crippen molar-refractivity contribution < 1.29 is 14.3 Å². The van der Waals surface area contributed by atoms with Crippen molar-refractivity contribution in [2.45, 2.75) is 13.8 Å². The Morgan fingerprint density at radius 2 is 1.65 bits per heavy atom. The molecule has 0 saturated heterocycles. The molecule has 0 unspecified atom stereocenters. The number of aromatic nitrogens is 1.